The van der Waals surface area contributed by atoms with Gasteiger partial charge in [0.2, 0.25) is 10.0 Å². The van der Waals surface area contributed by atoms with Crippen LogP contribution in [0.5, 0.6) is 0 Å². The van der Waals surface area contributed by atoms with Crippen molar-refractivity contribution >= 4 is 20.8 Å². The summed E-state index contributed by atoms with van der Waals surface area (Å²) in [7, 11) is -3.46. The molecule has 0 bridgehead atoms. The van der Waals surface area contributed by atoms with E-state index in [1.807, 2.05) is 26.8 Å². The van der Waals surface area contributed by atoms with Gasteiger partial charge in [-0.3, -0.25) is 4.98 Å². The zero-order valence-corrected chi connectivity index (χ0v) is 14.9. The van der Waals surface area contributed by atoms with Gasteiger partial charge in [0.05, 0.1) is 4.90 Å². The van der Waals surface area contributed by atoms with Crippen molar-refractivity contribution in [3.8, 4) is 0 Å². The van der Waals surface area contributed by atoms with Gasteiger partial charge in [-0.15, -0.1) is 0 Å². The van der Waals surface area contributed by atoms with Crippen LogP contribution in [-0.4, -0.2) is 43.9 Å². The third-order valence-corrected chi connectivity index (χ3v) is 5.84. The van der Waals surface area contributed by atoms with Crippen LogP contribution in [0.25, 0.3) is 10.8 Å². The molecule has 0 unspecified atom stereocenters. The molecule has 0 atom stereocenters. The molecular weight excluding hydrogens is 310 g/mol. The zero-order chi connectivity index (χ0) is 16.9. The van der Waals surface area contributed by atoms with Crippen LogP contribution in [0.15, 0.2) is 35.4 Å². The molecule has 0 aliphatic carbocycles. The number of aromatic nitrogens is 1. The summed E-state index contributed by atoms with van der Waals surface area (Å²) >= 11 is 0. The number of sulfonamides is 1. The molecule has 5 nitrogen and oxygen atoms in total. The fourth-order valence-electron chi connectivity index (χ4n) is 2.75. The lowest BCUT2D eigenvalue weighted by Gasteiger charge is -2.20. The topological polar surface area (TPSA) is 62.3 Å². The number of fused-ring (bicyclic) bond motifs is 1. The average Bonchev–Trinajstić information content (AvgIpc) is 2.86. The highest BCUT2D eigenvalue weighted by atomic mass is 32.2. The maximum atomic E-state index is 12.9. The molecular formula is C17H25N3O2S. The lowest BCUT2D eigenvalue weighted by molar-refractivity contribution is 0.432. The molecule has 1 aromatic heterocycles. The standard InChI is InChI=1S/C15H19N3O2S.C2H6/c1-12-13-4-2-5-15(14(13)6-8-17-12)21(19,20)18-10-3-7-16-9-11-18;1-2/h2,4-6,8,16H,3,7,9-11H2,1H3;1-2H3. The average molecular weight is 335 g/mol. The Morgan fingerprint density at radius 2 is 1.87 bits per heavy atom. The predicted molar refractivity (Wildman–Crippen MR) is 94.1 cm³/mol. The minimum Gasteiger partial charge on any atom is -0.315 e. The molecule has 1 aromatic carbocycles. The van der Waals surface area contributed by atoms with E-state index in [9.17, 15) is 8.42 Å². The largest absolute Gasteiger partial charge is 0.315 e. The van der Waals surface area contributed by atoms with Crippen molar-refractivity contribution in [1.29, 1.82) is 0 Å². The molecule has 1 saturated heterocycles. The first-order chi connectivity index (χ1) is 11.1. The summed E-state index contributed by atoms with van der Waals surface area (Å²) in [5, 5.41) is 4.88. The van der Waals surface area contributed by atoms with Crippen molar-refractivity contribution in [3.05, 3.63) is 36.2 Å². The highest BCUT2D eigenvalue weighted by Crippen LogP contribution is 2.27. The van der Waals surface area contributed by atoms with E-state index in [-0.39, 0.29) is 0 Å². The van der Waals surface area contributed by atoms with Crippen LogP contribution in [0.3, 0.4) is 0 Å². The van der Waals surface area contributed by atoms with Gasteiger partial charge in [-0.2, -0.15) is 4.31 Å². The second-order valence-electron chi connectivity index (χ2n) is 5.26. The van der Waals surface area contributed by atoms with Gasteiger partial charge in [0.15, 0.2) is 0 Å². The molecule has 1 N–H and O–H groups in total. The Kier molecular flexibility index (Phi) is 6.10. The lowest BCUT2D eigenvalue weighted by Crippen LogP contribution is -2.34. The first kappa shape index (κ1) is 17.8. The Labute approximate surface area is 138 Å². The third-order valence-electron chi connectivity index (χ3n) is 3.88. The van der Waals surface area contributed by atoms with Gasteiger partial charge in [0, 0.05) is 42.3 Å². The molecule has 23 heavy (non-hydrogen) atoms. The highest BCUT2D eigenvalue weighted by Gasteiger charge is 2.26. The summed E-state index contributed by atoms with van der Waals surface area (Å²) in [6, 6.07) is 7.18. The third kappa shape index (κ3) is 3.71. The summed E-state index contributed by atoms with van der Waals surface area (Å²) < 4.78 is 27.5. The minimum atomic E-state index is -3.46. The van der Waals surface area contributed by atoms with E-state index in [4.69, 9.17) is 0 Å². The number of pyridine rings is 1. The second-order valence-corrected chi connectivity index (χ2v) is 7.16. The number of benzene rings is 1. The molecule has 6 heteroatoms. The van der Waals surface area contributed by atoms with Gasteiger partial charge in [-0.25, -0.2) is 8.42 Å². The van der Waals surface area contributed by atoms with Crippen molar-refractivity contribution in [2.45, 2.75) is 32.1 Å². The predicted octanol–water partition coefficient (Wildman–Crippen LogP) is 2.55. The van der Waals surface area contributed by atoms with Crippen molar-refractivity contribution in [2.75, 3.05) is 26.2 Å². The Morgan fingerprint density at radius 3 is 2.65 bits per heavy atom. The van der Waals surface area contributed by atoms with E-state index < -0.39 is 10.0 Å². The molecule has 2 heterocycles. The van der Waals surface area contributed by atoms with Crippen molar-refractivity contribution in [2.24, 2.45) is 0 Å². The van der Waals surface area contributed by atoms with Crippen LogP contribution in [0.2, 0.25) is 0 Å². The van der Waals surface area contributed by atoms with Gasteiger partial charge < -0.3 is 5.32 Å². The maximum absolute atomic E-state index is 12.9. The van der Waals surface area contributed by atoms with Crippen LogP contribution >= 0.6 is 0 Å². The molecule has 3 rings (SSSR count). The molecule has 2 aromatic rings. The van der Waals surface area contributed by atoms with Crippen LogP contribution in [0.1, 0.15) is 26.0 Å². The van der Waals surface area contributed by atoms with E-state index in [1.165, 1.54) is 0 Å². The van der Waals surface area contributed by atoms with Gasteiger partial charge in [0.25, 0.3) is 0 Å². The fraction of sp³-hybridized carbons (Fsp3) is 0.471. The molecule has 0 radical (unpaired) electrons. The summed E-state index contributed by atoms with van der Waals surface area (Å²) in [4.78, 5) is 4.62. The molecule has 0 saturated carbocycles. The Bertz CT molecular complexity index is 752. The van der Waals surface area contributed by atoms with Crippen molar-refractivity contribution in [3.63, 3.8) is 0 Å². The summed E-state index contributed by atoms with van der Waals surface area (Å²) in [6.07, 6.45) is 2.51. The van der Waals surface area contributed by atoms with E-state index >= 15 is 0 Å². The fourth-order valence-corrected chi connectivity index (χ4v) is 4.44. The maximum Gasteiger partial charge on any atom is 0.243 e. The van der Waals surface area contributed by atoms with E-state index in [0.717, 1.165) is 29.4 Å². The number of rotatable bonds is 2. The summed E-state index contributed by atoms with van der Waals surface area (Å²) in [5.74, 6) is 0. The minimum absolute atomic E-state index is 0.382. The van der Waals surface area contributed by atoms with Crippen LogP contribution in [0, 0.1) is 6.92 Å². The Hall–Kier alpha value is -1.50. The van der Waals surface area contributed by atoms with Gasteiger partial charge >= 0.3 is 0 Å². The van der Waals surface area contributed by atoms with E-state index in [2.05, 4.69) is 10.3 Å². The Morgan fingerprint density at radius 1 is 1.09 bits per heavy atom. The number of hydrogen-bond donors (Lipinski definition) is 1. The lowest BCUT2D eigenvalue weighted by atomic mass is 10.1. The first-order valence-electron chi connectivity index (χ1n) is 8.16. The van der Waals surface area contributed by atoms with Gasteiger partial charge in [-0.1, -0.05) is 26.0 Å². The van der Waals surface area contributed by atoms with Crippen LogP contribution in [0.4, 0.5) is 0 Å². The molecule has 1 aliphatic heterocycles. The van der Waals surface area contributed by atoms with Gasteiger partial charge in [0.1, 0.15) is 0 Å². The van der Waals surface area contributed by atoms with Crippen molar-refractivity contribution < 1.29 is 8.42 Å². The van der Waals surface area contributed by atoms with E-state index in [0.29, 0.717) is 24.5 Å². The zero-order valence-electron chi connectivity index (χ0n) is 14.0. The van der Waals surface area contributed by atoms with Crippen molar-refractivity contribution in [1.82, 2.24) is 14.6 Å². The number of aryl methyl sites for hydroxylation is 1. The first-order valence-corrected chi connectivity index (χ1v) is 9.60. The second kappa shape index (κ2) is 7.86. The smallest absolute Gasteiger partial charge is 0.243 e. The quantitative estimate of drug-likeness (QED) is 0.916. The normalized spacial score (nSPS) is 16.5. The van der Waals surface area contributed by atoms with Crippen LogP contribution in [-0.2, 0) is 10.0 Å². The molecule has 1 fully saturated rings. The summed E-state index contributed by atoms with van der Waals surface area (Å²) in [5.41, 5.74) is 0.849. The SMILES string of the molecule is CC.Cc1nccc2c(S(=O)(=O)N3CCCNCC3)cccc12. The van der Waals surface area contributed by atoms with Crippen LogP contribution < -0.4 is 5.32 Å². The Balaban J connectivity index is 0.000000924. The number of hydrogen-bond acceptors (Lipinski definition) is 4. The number of nitrogens with one attached hydrogen (secondary N) is 1. The number of nitrogens with zero attached hydrogens (tertiary/aromatic N) is 2. The van der Waals surface area contributed by atoms with Gasteiger partial charge in [-0.05, 0) is 32.0 Å². The van der Waals surface area contributed by atoms with E-state index in [1.54, 1.807) is 28.7 Å². The molecule has 0 spiro atoms. The monoisotopic (exact) mass is 335 g/mol. The summed E-state index contributed by atoms with van der Waals surface area (Å²) in [6.45, 7) is 8.54. The molecule has 126 valence electrons. The molecule has 1 aliphatic rings. The molecule has 0 amide bonds. The highest BCUT2D eigenvalue weighted by molar-refractivity contribution is 7.89.